The van der Waals surface area contributed by atoms with Crippen molar-refractivity contribution in [2.75, 3.05) is 37.8 Å². The van der Waals surface area contributed by atoms with E-state index in [0.717, 1.165) is 24.3 Å². The van der Waals surface area contributed by atoms with Crippen LogP contribution in [0.5, 0.6) is 0 Å². The van der Waals surface area contributed by atoms with Gasteiger partial charge in [0.2, 0.25) is 0 Å². The highest BCUT2D eigenvalue weighted by Gasteiger charge is 2.15. The van der Waals surface area contributed by atoms with Crippen LogP contribution in [0.1, 0.15) is 5.56 Å². The Morgan fingerprint density at radius 2 is 2.12 bits per heavy atom. The summed E-state index contributed by atoms with van der Waals surface area (Å²) in [6.07, 6.45) is 0.612. The molecule has 1 fully saturated rings. The molecule has 4 nitrogen and oxygen atoms in total. The van der Waals surface area contributed by atoms with Gasteiger partial charge < -0.3 is 14.5 Å². The van der Waals surface area contributed by atoms with Gasteiger partial charge in [-0.15, -0.1) is 0 Å². The minimum Gasteiger partial charge on any atom is -0.378 e. The van der Waals surface area contributed by atoms with Crippen molar-refractivity contribution in [3.8, 4) is 0 Å². The molecule has 1 heterocycles. The second kappa shape index (κ2) is 5.95. The van der Waals surface area contributed by atoms with Gasteiger partial charge in [0.25, 0.3) is 0 Å². The monoisotopic (exact) mass is 240 g/mol. The van der Waals surface area contributed by atoms with Gasteiger partial charge in [-0.25, -0.2) is 10.3 Å². The molecule has 0 aromatic heterocycles. The van der Waals surface area contributed by atoms with Gasteiger partial charge >= 0.3 is 0 Å². The first-order chi connectivity index (χ1) is 8.31. The van der Waals surface area contributed by atoms with Crippen LogP contribution in [0.3, 0.4) is 0 Å². The van der Waals surface area contributed by atoms with Crippen LogP contribution in [0, 0.1) is 5.82 Å². The third kappa shape index (κ3) is 3.15. The van der Waals surface area contributed by atoms with Gasteiger partial charge in [-0.05, 0) is 30.2 Å². The molecular weight excluding hydrogens is 223 g/mol. The van der Waals surface area contributed by atoms with Gasteiger partial charge in [0.05, 0.1) is 19.8 Å². The molecule has 94 valence electrons. The molecule has 0 spiro atoms. The molecule has 5 heteroatoms. The maximum Gasteiger partial charge on any atom is 0.123 e. The lowest BCUT2D eigenvalue weighted by Gasteiger charge is -2.30. The highest BCUT2D eigenvalue weighted by molar-refractivity contribution is 5.54. The van der Waals surface area contributed by atoms with Crippen LogP contribution < -0.4 is 10.8 Å². The van der Waals surface area contributed by atoms with E-state index in [1.165, 1.54) is 6.07 Å². The molecular formula is C12H17FN2O2. The van der Waals surface area contributed by atoms with Crippen LogP contribution in [0.25, 0.3) is 0 Å². The Labute approximate surface area is 100 Å². The number of anilines is 1. The molecule has 17 heavy (non-hydrogen) atoms. The molecule has 0 saturated carbocycles. The molecule has 0 aliphatic carbocycles. The minimum absolute atomic E-state index is 0.228. The van der Waals surface area contributed by atoms with Crippen molar-refractivity contribution in [3.05, 3.63) is 29.6 Å². The van der Waals surface area contributed by atoms with Crippen molar-refractivity contribution < 1.29 is 14.0 Å². The summed E-state index contributed by atoms with van der Waals surface area (Å²) in [5.41, 5.74) is 1.98. The predicted octanol–water partition coefficient (Wildman–Crippen LogP) is 1.10. The number of morpholine rings is 1. The van der Waals surface area contributed by atoms with E-state index in [2.05, 4.69) is 9.74 Å². The number of hydrogen-bond donors (Lipinski definition) is 1. The Morgan fingerprint density at radius 3 is 2.82 bits per heavy atom. The standard InChI is InChI=1S/C12H17FN2O2/c13-11-1-2-12(10(9-11)3-6-17-14)15-4-7-16-8-5-15/h1-2,9H,3-8,14H2. The fourth-order valence-corrected chi connectivity index (χ4v) is 2.04. The van der Waals surface area contributed by atoms with E-state index in [9.17, 15) is 4.39 Å². The molecule has 2 rings (SSSR count). The Hall–Kier alpha value is -1.17. The zero-order valence-corrected chi connectivity index (χ0v) is 9.69. The molecule has 0 radical (unpaired) electrons. The Bertz CT molecular complexity index is 368. The molecule has 1 aromatic rings. The maximum absolute atomic E-state index is 13.2. The average molecular weight is 240 g/mol. The second-order valence-corrected chi connectivity index (χ2v) is 3.99. The van der Waals surface area contributed by atoms with Gasteiger partial charge in [-0.1, -0.05) is 0 Å². The van der Waals surface area contributed by atoms with Crippen molar-refractivity contribution in [1.29, 1.82) is 0 Å². The summed E-state index contributed by atoms with van der Waals surface area (Å²) in [6, 6.07) is 4.84. The molecule has 1 aliphatic rings. The first-order valence-corrected chi connectivity index (χ1v) is 5.74. The summed E-state index contributed by atoms with van der Waals surface area (Å²) in [7, 11) is 0. The fraction of sp³-hybridized carbons (Fsp3) is 0.500. The quantitative estimate of drug-likeness (QED) is 0.800. The topological polar surface area (TPSA) is 47.7 Å². The van der Waals surface area contributed by atoms with Gasteiger partial charge in [-0.3, -0.25) is 0 Å². The lowest BCUT2D eigenvalue weighted by molar-refractivity contribution is 0.122. The zero-order chi connectivity index (χ0) is 12.1. The summed E-state index contributed by atoms with van der Waals surface area (Å²) in [5.74, 6) is 4.79. The predicted molar refractivity (Wildman–Crippen MR) is 63.3 cm³/mol. The molecule has 0 amide bonds. The number of nitrogens with two attached hydrogens (primary N) is 1. The van der Waals surface area contributed by atoms with E-state index in [0.29, 0.717) is 26.2 Å². The van der Waals surface area contributed by atoms with Crippen LogP contribution in [0.2, 0.25) is 0 Å². The van der Waals surface area contributed by atoms with Crippen molar-refractivity contribution in [2.24, 2.45) is 5.90 Å². The smallest absolute Gasteiger partial charge is 0.123 e. The number of benzene rings is 1. The molecule has 0 atom stereocenters. The zero-order valence-electron chi connectivity index (χ0n) is 9.69. The summed E-state index contributed by atoms with van der Waals surface area (Å²) in [4.78, 5) is 6.77. The summed E-state index contributed by atoms with van der Waals surface area (Å²) < 4.78 is 18.5. The highest BCUT2D eigenvalue weighted by atomic mass is 19.1. The Balaban J connectivity index is 2.18. The molecule has 0 unspecified atom stereocenters. The summed E-state index contributed by atoms with van der Waals surface area (Å²) in [6.45, 7) is 3.49. The van der Waals surface area contributed by atoms with E-state index >= 15 is 0 Å². The summed E-state index contributed by atoms with van der Waals surface area (Å²) in [5, 5.41) is 0. The number of halogens is 1. The average Bonchev–Trinajstić information content (AvgIpc) is 2.37. The van der Waals surface area contributed by atoms with Crippen molar-refractivity contribution in [2.45, 2.75) is 6.42 Å². The number of rotatable bonds is 4. The second-order valence-electron chi connectivity index (χ2n) is 3.99. The van der Waals surface area contributed by atoms with Gasteiger partial charge in [0, 0.05) is 18.8 Å². The van der Waals surface area contributed by atoms with Crippen molar-refractivity contribution >= 4 is 5.69 Å². The van der Waals surface area contributed by atoms with Crippen LogP contribution in [0.4, 0.5) is 10.1 Å². The minimum atomic E-state index is -0.228. The van der Waals surface area contributed by atoms with Gasteiger partial charge in [0.1, 0.15) is 5.82 Å². The van der Waals surface area contributed by atoms with E-state index in [4.69, 9.17) is 10.6 Å². The van der Waals surface area contributed by atoms with Crippen LogP contribution in [-0.4, -0.2) is 32.9 Å². The Morgan fingerprint density at radius 1 is 1.35 bits per heavy atom. The SMILES string of the molecule is NOCCc1cc(F)ccc1N1CCOCC1. The molecule has 1 saturated heterocycles. The van der Waals surface area contributed by atoms with E-state index in [1.807, 2.05) is 6.07 Å². The lowest BCUT2D eigenvalue weighted by Crippen LogP contribution is -2.36. The maximum atomic E-state index is 13.2. The van der Waals surface area contributed by atoms with E-state index < -0.39 is 0 Å². The molecule has 0 bridgehead atoms. The first-order valence-electron chi connectivity index (χ1n) is 5.74. The van der Waals surface area contributed by atoms with Gasteiger partial charge in [-0.2, -0.15) is 0 Å². The molecule has 1 aliphatic heterocycles. The van der Waals surface area contributed by atoms with Crippen molar-refractivity contribution in [1.82, 2.24) is 0 Å². The Kier molecular flexibility index (Phi) is 4.30. The highest BCUT2D eigenvalue weighted by Crippen LogP contribution is 2.23. The normalized spacial score (nSPS) is 16.2. The van der Waals surface area contributed by atoms with E-state index in [-0.39, 0.29) is 5.82 Å². The number of ether oxygens (including phenoxy) is 1. The third-order valence-electron chi connectivity index (χ3n) is 2.88. The third-order valence-corrected chi connectivity index (χ3v) is 2.88. The first kappa shape index (κ1) is 12.3. The summed E-state index contributed by atoms with van der Waals surface area (Å²) >= 11 is 0. The largest absolute Gasteiger partial charge is 0.378 e. The van der Waals surface area contributed by atoms with Crippen LogP contribution in [-0.2, 0) is 16.0 Å². The lowest BCUT2D eigenvalue weighted by atomic mass is 10.1. The fourth-order valence-electron chi connectivity index (χ4n) is 2.04. The van der Waals surface area contributed by atoms with Crippen molar-refractivity contribution in [3.63, 3.8) is 0 Å². The molecule has 1 aromatic carbocycles. The van der Waals surface area contributed by atoms with E-state index in [1.54, 1.807) is 6.07 Å². The van der Waals surface area contributed by atoms with Gasteiger partial charge in [0.15, 0.2) is 0 Å². The number of hydrogen-bond acceptors (Lipinski definition) is 4. The van der Waals surface area contributed by atoms with Crippen LogP contribution >= 0.6 is 0 Å². The number of nitrogens with zero attached hydrogens (tertiary/aromatic N) is 1. The van der Waals surface area contributed by atoms with Crippen LogP contribution in [0.15, 0.2) is 18.2 Å². The molecule has 2 N–H and O–H groups in total.